The SMILES string of the molecule is c1cc(COc2ccc(N3CCNCC3)cc2)cs1. The molecule has 1 aliphatic rings. The van der Waals surface area contributed by atoms with Crippen LogP contribution in [0.15, 0.2) is 41.1 Å². The zero-order valence-corrected chi connectivity index (χ0v) is 11.7. The van der Waals surface area contributed by atoms with Crippen molar-refractivity contribution >= 4 is 17.0 Å². The van der Waals surface area contributed by atoms with Crippen LogP contribution in [0, 0.1) is 0 Å². The third-order valence-corrected chi connectivity index (χ3v) is 4.04. The Bertz CT molecular complexity index is 489. The second-order valence-corrected chi connectivity index (χ2v) is 5.43. The lowest BCUT2D eigenvalue weighted by Gasteiger charge is -2.29. The Labute approximate surface area is 117 Å². The number of rotatable bonds is 4. The van der Waals surface area contributed by atoms with E-state index in [4.69, 9.17) is 4.74 Å². The van der Waals surface area contributed by atoms with E-state index in [2.05, 4.69) is 51.3 Å². The number of piperazine rings is 1. The van der Waals surface area contributed by atoms with Crippen LogP contribution in [0.4, 0.5) is 5.69 Å². The summed E-state index contributed by atoms with van der Waals surface area (Å²) in [6.07, 6.45) is 0. The first-order valence-electron chi connectivity index (χ1n) is 6.61. The quantitative estimate of drug-likeness (QED) is 0.928. The van der Waals surface area contributed by atoms with Gasteiger partial charge < -0.3 is 15.0 Å². The van der Waals surface area contributed by atoms with Crippen LogP contribution in [0.1, 0.15) is 5.56 Å². The maximum absolute atomic E-state index is 5.77. The molecule has 1 saturated heterocycles. The number of hydrogen-bond acceptors (Lipinski definition) is 4. The summed E-state index contributed by atoms with van der Waals surface area (Å²) in [5.74, 6) is 0.935. The smallest absolute Gasteiger partial charge is 0.119 e. The number of nitrogens with one attached hydrogen (secondary N) is 1. The van der Waals surface area contributed by atoms with Crippen molar-refractivity contribution in [2.24, 2.45) is 0 Å². The Morgan fingerprint density at radius 3 is 2.58 bits per heavy atom. The van der Waals surface area contributed by atoms with Gasteiger partial charge in [0, 0.05) is 31.9 Å². The molecule has 4 heteroatoms. The van der Waals surface area contributed by atoms with Crippen molar-refractivity contribution in [1.29, 1.82) is 0 Å². The highest BCUT2D eigenvalue weighted by atomic mass is 32.1. The molecule has 100 valence electrons. The highest BCUT2D eigenvalue weighted by Gasteiger charge is 2.09. The average Bonchev–Trinajstić information content (AvgIpc) is 3.00. The number of benzene rings is 1. The van der Waals surface area contributed by atoms with Crippen LogP contribution >= 0.6 is 11.3 Å². The molecule has 3 rings (SSSR count). The summed E-state index contributed by atoms with van der Waals surface area (Å²) < 4.78 is 5.77. The van der Waals surface area contributed by atoms with Crippen LogP contribution in [0.25, 0.3) is 0 Å². The molecule has 0 radical (unpaired) electrons. The van der Waals surface area contributed by atoms with Gasteiger partial charge in [-0.3, -0.25) is 0 Å². The van der Waals surface area contributed by atoms with Crippen molar-refractivity contribution < 1.29 is 4.74 Å². The normalized spacial score (nSPS) is 15.5. The molecule has 0 saturated carbocycles. The van der Waals surface area contributed by atoms with E-state index in [0.29, 0.717) is 6.61 Å². The Balaban J connectivity index is 1.58. The standard InChI is InChI=1S/C15H18N2OS/c1-3-15(18-11-13-5-10-19-12-13)4-2-14(1)17-8-6-16-7-9-17/h1-5,10,12,16H,6-9,11H2. The van der Waals surface area contributed by atoms with Gasteiger partial charge in [-0.05, 0) is 46.7 Å². The van der Waals surface area contributed by atoms with Gasteiger partial charge in [0.2, 0.25) is 0 Å². The second-order valence-electron chi connectivity index (χ2n) is 4.65. The summed E-state index contributed by atoms with van der Waals surface area (Å²) in [5.41, 5.74) is 2.51. The first-order valence-corrected chi connectivity index (χ1v) is 7.56. The molecular formula is C15H18N2OS. The van der Waals surface area contributed by atoms with E-state index in [0.717, 1.165) is 31.9 Å². The van der Waals surface area contributed by atoms with Crippen molar-refractivity contribution in [2.75, 3.05) is 31.1 Å². The van der Waals surface area contributed by atoms with E-state index in [1.54, 1.807) is 11.3 Å². The Hall–Kier alpha value is -1.52. The summed E-state index contributed by atoms with van der Waals surface area (Å²) in [4.78, 5) is 2.40. The Morgan fingerprint density at radius 2 is 1.89 bits per heavy atom. The van der Waals surface area contributed by atoms with Gasteiger partial charge in [-0.2, -0.15) is 11.3 Å². The molecule has 0 spiro atoms. The molecule has 1 aromatic carbocycles. The second kappa shape index (κ2) is 6.08. The minimum absolute atomic E-state index is 0.649. The first kappa shape index (κ1) is 12.5. The largest absolute Gasteiger partial charge is 0.489 e. The van der Waals surface area contributed by atoms with Gasteiger partial charge in [-0.1, -0.05) is 0 Å². The molecule has 0 bridgehead atoms. The fraction of sp³-hybridized carbons (Fsp3) is 0.333. The molecule has 19 heavy (non-hydrogen) atoms. The number of nitrogens with zero attached hydrogens (tertiary/aromatic N) is 1. The molecule has 2 heterocycles. The van der Waals surface area contributed by atoms with E-state index in [9.17, 15) is 0 Å². The molecule has 0 amide bonds. The summed E-state index contributed by atoms with van der Waals surface area (Å²) in [6, 6.07) is 10.5. The van der Waals surface area contributed by atoms with Gasteiger partial charge in [-0.15, -0.1) is 0 Å². The van der Waals surface area contributed by atoms with E-state index in [1.807, 2.05) is 0 Å². The monoisotopic (exact) mass is 274 g/mol. The lowest BCUT2D eigenvalue weighted by Crippen LogP contribution is -2.43. The van der Waals surface area contributed by atoms with Gasteiger partial charge in [0.15, 0.2) is 0 Å². The predicted molar refractivity (Wildman–Crippen MR) is 80.2 cm³/mol. The molecule has 1 fully saturated rings. The zero-order chi connectivity index (χ0) is 12.9. The number of hydrogen-bond donors (Lipinski definition) is 1. The molecule has 3 nitrogen and oxygen atoms in total. The predicted octanol–water partition coefficient (Wildman–Crippen LogP) is 2.74. The summed E-state index contributed by atoms with van der Waals surface area (Å²) >= 11 is 1.70. The number of ether oxygens (including phenoxy) is 1. The van der Waals surface area contributed by atoms with Gasteiger partial charge in [-0.25, -0.2) is 0 Å². The third kappa shape index (κ3) is 3.28. The van der Waals surface area contributed by atoms with Crippen LogP contribution in [-0.2, 0) is 6.61 Å². The van der Waals surface area contributed by atoms with E-state index < -0.39 is 0 Å². The van der Waals surface area contributed by atoms with Crippen LogP contribution < -0.4 is 15.0 Å². The molecule has 0 unspecified atom stereocenters. The summed E-state index contributed by atoms with van der Waals surface area (Å²) in [5, 5.41) is 7.56. The highest BCUT2D eigenvalue weighted by molar-refractivity contribution is 7.07. The fourth-order valence-electron chi connectivity index (χ4n) is 2.22. The minimum atomic E-state index is 0.649. The average molecular weight is 274 g/mol. The number of thiophene rings is 1. The van der Waals surface area contributed by atoms with Crippen molar-refractivity contribution in [1.82, 2.24) is 5.32 Å². The molecule has 2 aromatic rings. The Morgan fingerprint density at radius 1 is 1.11 bits per heavy atom. The molecule has 0 atom stereocenters. The van der Waals surface area contributed by atoms with Crippen molar-refractivity contribution in [2.45, 2.75) is 6.61 Å². The summed E-state index contributed by atoms with van der Waals surface area (Å²) in [7, 11) is 0. The van der Waals surface area contributed by atoms with E-state index in [1.165, 1.54) is 11.3 Å². The molecule has 1 N–H and O–H groups in total. The van der Waals surface area contributed by atoms with Crippen LogP contribution in [-0.4, -0.2) is 26.2 Å². The van der Waals surface area contributed by atoms with Gasteiger partial charge in [0.25, 0.3) is 0 Å². The first-order chi connectivity index (χ1) is 9.42. The van der Waals surface area contributed by atoms with Crippen LogP contribution in [0.5, 0.6) is 5.75 Å². The maximum Gasteiger partial charge on any atom is 0.119 e. The van der Waals surface area contributed by atoms with Gasteiger partial charge in [0.05, 0.1) is 0 Å². The molecule has 1 aliphatic heterocycles. The Kier molecular flexibility index (Phi) is 4.01. The number of anilines is 1. The highest BCUT2D eigenvalue weighted by Crippen LogP contribution is 2.20. The van der Waals surface area contributed by atoms with E-state index >= 15 is 0 Å². The fourth-order valence-corrected chi connectivity index (χ4v) is 2.87. The summed E-state index contributed by atoms with van der Waals surface area (Å²) in [6.45, 7) is 4.94. The third-order valence-electron chi connectivity index (χ3n) is 3.30. The van der Waals surface area contributed by atoms with Gasteiger partial charge >= 0.3 is 0 Å². The van der Waals surface area contributed by atoms with Crippen LogP contribution in [0.3, 0.4) is 0 Å². The van der Waals surface area contributed by atoms with Crippen molar-refractivity contribution in [3.63, 3.8) is 0 Å². The minimum Gasteiger partial charge on any atom is -0.489 e. The van der Waals surface area contributed by atoms with Crippen LogP contribution in [0.2, 0.25) is 0 Å². The van der Waals surface area contributed by atoms with Crippen molar-refractivity contribution in [3.8, 4) is 5.75 Å². The van der Waals surface area contributed by atoms with Gasteiger partial charge in [0.1, 0.15) is 12.4 Å². The molecular weight excluding hydrogens is 256 g/mol. The lowest BCUT2D eigenvalue weighted by molar-refractivity contribution is 0.307. The zero-order valence-electron chi connectivity index (χ0n) is 10.8. The topological polar surface area (TPSA) is 24.5 Å². The molecule has 0 aliphatic carbocycles. The lowest BCUT2D eigenvalue weighted by atomic mass is 10.2. The van der Waals surface area contributed by atoms with Crippen molar-refractivity contribution in [3.05, 3.63) is 46.7 Å². The molecule has 1 aromatic heterocycles. The maximum atomic E-state index is 5.77. The van der Waals surface area contributed by atoms with E-state index in [-0.39, 0.29) is 0 Å².